The van der Waals surface area contributed by atoms with E-state index in [0.29, 0.717) is 49.9 Å². The van der Waals surface area contributed by atoms with E-state index >= 15 is 0 Å². The number of morpholine rings is 1. The predicted octanol–water partition coefficient (Wildman–Crippen LogP) is 2.88. The topological polar surface area (TPSA) is 94.6 Å². The molecule has 0 aromatic heterocycles. The molecular weight excluding hydrogens is 464 g/mol. The lowest BCUT2D eigenvalue weighted by Crippen LogP contribution is -2.56. The fourth-order valence-electron chi connectivity index (χ4n) is 6.09. The van der Waals surface area contributed by atoms with Gasteiger partial charge in [-0.25, -0.2) is 0 Å². The molecule has 0 saturated carbocycles. The molecule has 4 aliphatic rings. The van der Waals surface area contributed by atoms with Crippen LogP contribution in [0.5, 0.6) is 11.5 Å². The van der Waals surface area contributed by atoms with Crippen LogP contribution in [-0.4, -0.2) is 67.8 Å². The number of esters is 1. The first kappa shape index (κ1) is 24.6. The van der Waals surface area contributed by atoms with Crippen molar-refractivity contribution in [2.45, 2.75) is 46.1 Å². The summed E-state index contributed by atoms with van der Waals surface area (Å²) in [5.74, 6) is 0.101. The van der Waals surface area contributed by atoms with Crippen LogP contribution in [0.25, 0.3) is 0 Å². The zero-order valence-corrected chi connectivity index (χ0v) is 21.2. The Hall–Kier alpha value is -3.07. The summed E-state index contributed by atoms with van der Waals surface area (Å²) in [5.41, 5.74) is 0.404. The minimum Gasteiger partial charge on any atom is -0.468 e. The number of carbonyl (C=O) groups excluding carboxylic acids is 3. The van der Waals surface area contributed by atoms with Crippen molar-refractivity contribution < 1.29 is 33.3 Å². The first-order chi connectivity index (χ1) is 17.2. The maximum absolute atomic E-state index is 13.9. The summed E-state index contributed by atoms with van der Waals surface area (Å²) in [4.78, 5) is 44.0. The summed E-state index contributed by atoms with van der Waals surface area (Å²) in [5, 5.41) is 0. The SMILES string of the molecule is COC(=O)[C@@]12C[C@@H](CC(=O)N3CCOCC3)C(=O)N(Cc3ccc4c(c3)OCO4)C1=CCC(C)(C)C2. The number of rotatable bonds is 5. The van der Waals surface area contributed by atoms with Crippen molar-refractivity contribution in [1.82, 2.24) is 9.80 Å². The van der Waals surface area contributed by atoms with Crippen LogP contribution in [0, 0.1) is 16.7 Å². The van der Waals surface area contributed by atoms with Crippen molar-refractivity contribution in [2.24, 2.45) is 16.7 Å². The van der Waals surface area contributed by atoms with Gasteiger partial charge in [0.05, 0.1) is 26.9 Å². The third kappa shape index (κ3) is 4.45. The lowest BCUT2D eigenvalue weighted by molar-refractivity contribution is -0.163. The van der Waals surface area contributed by atoms with Crippen molar-refractivity contribution >= 4 is 17.8 Å². The van der Waals surface area contributed by atoms with E-state index in [2.05, 4.69) is 13.8 Å². The zero-order valence-electron chi connectivity index (χ0n) is 21.2. The number of allylic oxidation sites excluding steroid dienone is 1. The summed E-state index contributed by atoms with van der Waals surface area (Å²) in [6.07, 6.45) is 3.63. The van der Waals surface area contributed by atoms with Crippen LogP contribution in [0.3, 0.4) is 0 Å². The van der Waals surface area contributed by atoms with Gasteiger partial charge in [-0.2, -0.15) is 0 Å². The molecule has 36 heavy (non-hydrogen) atoms. The van der Waals surface area contributed by atoms with E-state index in [1.165, 1.54) is 7.11 Å². The number of nitrogens with zero attached hydrogens (tertiary/aromatic N) is 2. The molecule has 0 N–H and O–H groups in total. The summed E-state index contributed by atoms with van der Waals surface area (Å²) >= 11 is 0. The van der Waals surface area contributed by atoms with Gasteiger partial charge >= 0.3 is 5.97 Å². The van der Waals surface area contributed by atoms with Gasteiger partial charge in [-0.3, -0.25) is 14.4 Å². The van der Waals surface area contributed by atoms with Crippen LogP contribution in [0.15, 0.2) is 30.0 Å². The highest BCUT2D eigenvalue weighted by Crippen LogP contribution is 2.55. The first-order valence-electron chi connectivity index (χ1n) is 12.6. The van der Waals surface area contributed by atoms with Crippen LogP contribution in [0.1, 0.15) is 45.1 Å². The van der Waals surface area contributed by atoms with Gasteiger partial charge in [0.25, 0.3) is 0 Å². The van der Waals surface area contributed by atoms with Gasteiger partial charge in [-0.15, -0.1) is 0 Å². The molecule has 2 amide bonds. The molecule has 0 bridgehead atoms. The van der Waals surface area contributed by atoms with Gasteiger partial charge in [0.15, 0.2) is 11.5 Å². The standard InChI is InChI=1S/C27H34N2O7/c1-26(2)7-6-22-27(16-26,25(32)33-3)14-19(13-23(30)28-8-10-34-11-9-28)24(31)29(22)15-18-4-5-20-21(12-18)36-17-35-20/h4-6,12,19H,7-11,13-17H2,1-3H3/t19-,27-/m1/s1. The molecule has 9 nitrogen and oxygen atoms in total. The molecule has 0 radical (unpaired) electrons. The fourth-order valence-corrected chi connectivity index (χ4v) is 6.09. The Balaban J connectivity index is 1.50. The van der Waals surface area contributed by atoms with E-state index in [1.807, 2.05) is 24.3 Å². The first-order valence-corrected chi connectivity index (χ1v) is 12.6. The Kier molecular flexibility index (Phi) is 6.44. The minimum atomic E-state index is -0.989. The largest absolute Gasteiger partial charge is 0.468 e. The third-order valence-electron chi connectivity index (χ3n) is 7.76. The second-order valence-corrected chi connectivity index (χ2v) is 10.9. The number of amides is 2. The van der Waals surface area contributed by atoms with Crippen LogP contribution in [-0.2, 0) is 30.4 Å². The highest BCUT2D eigenvalue weighted by molar-refractivity contribution is 5.92. The molecule has 5 rings (SSSR count). The monoisotopic (exact) mass is 498 g/mol. The average Bonchev–Trinajstić information content (AvgIpc) is 3.34. The number of piperidine rings is 1. The molecule has 1 aromatic carbocycles. The smallest absolute Gasteiger partial charge is 0.317 e. The molecular formula is C27H34N2O7. The van der Waals surface area contributed by atoms with Crippen molar-refractivity contribution in [3.05, 3.63) is 35.5 Å². The summed E-state index contributed by atoms with van der Waals surface area (Å²) < 4.78 is 21.7. The van der Waals surface area contributed by atoms with Crippen LogP contribution in [0.4, 0.5) is 0 Å². The maximum atomic E-state index is 13.9. The summed E-state index contributed by atoms with van der Waals surface area (Å²) in [7, 11) is 1.39. The summed E-state index contributed by atoms with van der Waals surface area (Å²) in [6, 6.07) is 5.60. The number of likely N-dealkylation sites (tertiary alicyclic amines) is 1. The van der Waals surface area contributed by atoms with E-state index < -0.39 is 11.3 Å². The molecule has 3 aliphatic heterocycles. The van der Waals surface area contributed by atoms with Crippen LogP contribution < -0.4 is 9.47 Å². The van der Waals surface area contributed by atoms with Gasteiger partial charge in [-0.05, 0) is 42.4 Å². The van der Waals surface area contributed by atoms with Gasteiger partial charge in [0.2, 0.25) is 18.6 Å². The molecule has 1 aliphatic carbocycles. The number of methoxy groups -OCH3 is 1. The van der Waals surface area contributed by atoms with Crippen LogP contribution >= 0.6 is 0 Å². The number of carbonyl (C=O) groups is 3. The van der Waals surface area contributed by atoms with E-state index in [-0.39, 0.29) is 49.4 Å². The molecule has 2 fully saturated rings. The normalized spacial score (nSPS) is 26.8. The van der Waals surface area contributed by atoms with E-state index in [9.17, 15) is 14.4 Å². The van der Waals surface area contributed by atoms with Gasteiger partial charge in [0, 0.05) is 31.1 Å². The average molecular weight is 499 g/mol. The molecule has 0 unspecified atom stereocenters. The quantitative estimate of drug-likeness (QED) is 0.576. The van der Waals surface area contributed by atoms with E-state index in [0.717, 1.165) is 12.0 Å². The second kappa shape index (κ2) is 9.42. The number of hydrogen-bond donors (Lipinski definition) is 0. The Bertz CT molecular complexity index is 1090. The molecule has 2 saturated heterocycles. The lowest BCUT2D eigenvalue weighted by Gasteiger charge is -2.51. The van der Waals surface area contributed by atoms with E-state index in [1.54, 1.807) is 9.80 Å². The van der Waals surface area contributed by atoms with Crippen molar-refractivity contribution in [3.63, 3.8) is 0 Å². The number of benzene rings is 1. The lowest BCUT2D eigenvalue weighted by atomic mass is 9.59. The molecule has 1 aromatic rings. The van der Waals surface area contributed by atoms with Gasteiger partial charge in [0.1, 0.15) is 5.41 Å². The third-order valence-corrected chi connectivity index (χ3v) is 7.76. The number of fused-ring (bicyclic) bond motifs is 2. The Morgan fingerprint density at radius 3 is 2.64 bits per heavy atom. The number of ether oxygens (including phenoxy) is 4. The molecule has 3 heterocycles. The Morgan fingerprint density at radius 1 is 1.14 bits per heavy atom. The maximum Gasteiger partial charge on any atom is 0.317 e. The van der Waals surface area contributed by atoms with E-state index in [4.69, 9.17) is 18.9 Å². The fraction of sp³-hybridized carbons (Fsp3) is 0.593. The molecule has 9 heteroatoms. The van der Waals surface area contributed by atoms with Crippen molar-refractivity contribution in [1.29, 1.82) is 0 Å². The van der Waals surface area contributed by atoms with Crippen molar-refractivity contribution in [2.75, 3.05) is 40.2 Å². The molecule has 194 valence electrons. The molecule has 2 atom stereocenters. The Labute approximate surface area is 211 Å². The Morgan fingerprint density at radius 2 is 1.89 bits per heavy atom. The number of hydrogen-bond acceptors (Lipinski definition) is 7. The van der Waals surface area contributed by atoms with Gasteiger partial charge in [-0.1, -0.05) is 26.0 Å². The van der Waals surface area contributed by atoms with Gasteiger partial charge < -0.3 is 28.7 Å². The summed E-state index contributed by atoms with van der Waals surface area (Å²) in [6.45, 7) is 6.69. The highest BCUT2D eigenvalue weighted by atomic mass is 16.7. The van der Waals surface area contributed by atoms with Crippen molar-refractivity contribution in [3.8, 4) is 11.5 Å². The minimum absolute atomic E-state index is 0.0585. The predicted molar refractivity (Wildman–Crippen MR) is 129 cm³/mol. The molecule has 0 spiro atoms. The highest BCUT2D eigenvalue weighted by Gasteiger charge is 2.57. The second-order valence-electron chi connectivity index (χ2n) is 10.9. The zero-order chi connectivity index (χ0) is 25.5. The van der Waals surface area contributed by atoms with Crippen LogP contribution in [0.2, 0.25) is 0 Å².